The third-order valence-corrected chi connectivity index (χ3v) is 2.00. The smallest absolute Gasteiger partial charge is 0.144 e. The number of hydrogen-bond donors (Lipinski definition) is 0. The van der Waals surface area contributed by atoms with Gasteiger partial charge in [-0.05, 0) is 30.7 Å². The van der Waals surface area contributed by atoms with Crippen molar-refractivity contribution in [2.75, 3.05) is 6.61 Å². The molecule has 0 atom stereocenters. The Bertz CT molecular complexity index is 453. The molecule has 1 radical (unpaired) electrons. The van der Waals surface area contributed by atoms with Crippen LogP contribution in [0.5, 0.6) is 0 Å². The monoisotopic (exact) mass is 242 g/mol. The van der Waals surface area contributed by atoms with E-state index in [2.05, 4.69) is 25.1 Å². The molecule has 0 aromatic carbocycles. The molecule has 0 spiro atoms. The zero-order valence-corrected chi connectivity index (χ0v) is 13.5. The van der Waals surface area contributed by atoms with Gasteiger partial charge in [-0.15, -0.1) is 0 Å². The van der Waals surface area contributed by atoms with Crippen LogP contribution in [0.4, 0.5) is 0 Å². The average Bonchev–Trinajstić information content (AvgIpc) is 2.24. The van der Waals surface area contributed by atoms with Gasteiger partial charge in [-0.1, -0.05) is 26.1 Å². The van der Waals surface area contributed by atoms with Gasteiger partial charge in [-0.2, -0.15) is 0 Å². The fraction of sp³-hybridized carbons (Fsp3) is 0.308. The van der Waals surface area contributed by atoms with E-state index in [9.17, 15) is 0 Å². The summed E-state index contributed by atoms with van der Waals surface area (Å²) in [6.45, 7) is 12.3. The predicted molar refractivity (Wildman–Crippen MR) is 69.3 cm³/mol. The Hall–Kier alpha value is 0.0664. The van der Waals surface area contributed by atoms with Crippen LogP contribution in [0.2, 0.25) is 0 Å². The minimum atomic E-state index is 0. The Morgan fingerprint density at radius 3 is 2.75 bits per heavy atom. The maximum absolute atomic E-state index is 5.56. The topological polar surface area (TPSA) is 22.1 Å². The first kappa shape index (κ1) is 16.1. The standard InChI is InChI=1S/C13H17NO.K/c1-5-9-15-12(6-2)13-10(3)7-8-11(4)14-13;/h6-8H,2-3,5,9H2,1,4H3;/b13-12-;. The molecule has 81 valence electrons. The summed E-state index contributed by atoms with van der Waals surface area (Å²) in [4.78, 5) is 4.40. The van der Waals surface area contributed by atoms with Gasteiger partial charge in [0.25, 0.3) is 0 Å². The molecule has 0 N–H and O–H groups in total. The molecule has 0 aliphatic carbocycles. The number of ether oxygens (including phenoxy) is 1. The van der Waals surface area contributed by atoms with Crippen molar-refractivity contribution >= 4 is 63.7 Å². The number of nitrogens with zero attached hydrogens (tertiary/aromatic N) is 1. The summed E-state index contributed by atoms with van der Waals surface area (Å²) < 4.78 is 5.56. The summed E-state index contributed by atoms with van der Waals surface area (Å²) in [6, 6.07) is 3.88. The minimum absolute atomic E-state index is 0. The third kappa shape index (κ3) is 4.51. The summed E-state index contributed by atoms with van der Waals surface area (Å²) in [7, 11) is 0. The fourth-order valence-corrected chi connectivity index (χ4v) is 1.23. The Balaban J connectivity index is 0.00000225. The molecule has 0 fully saturated rings. The van der Waals surface area contributed by atoms with Crippen molar-refractivity contribution < 1.29 is 4.74 Å². The van der Waals surface area contributed by atoms with Crippen LogP contribution in [0.1, 0.15) is 19.0 Å². The molecule has 0 aliphatic heterocycles. The maximum Gasteiger partial charge on any atom is 0.144 e. The number of aryl methyl sites for hydroxylation is 1. The van der Waals surface area contributed by atoms with Crippen LogP contribution >= 0.6 is 0 Å². The van der Waals surface area contributed by atoms with Gasteiger partial charge in [0, 0.05) is 57.1 Å². The van der Waals surface area contributed by atoms with Gasteiger partial charge in [0.05, 0.1) is 6.61 Å². The van der Waals surface area contributed by atoms with E-state index >= 15 is 0 Å². The summed E-state index contributed by atoms with van der Waals surface area (Å²) in [5.41, 5.74) is 0.955. The Morgan fingerprint density at radius 2 is 2.19 bits per heavy atom. The number of pyridine rings is 1. The van der Waals surface area contributed by atoms with E-state index in [1.165, 1.54) is 0 Å². The molecule has 2 nitrogen and oxygen atoms in total. The van der Waals surface area contributed by atoms with Gasteiger partial charge in [0.15, 0.2) is 0 Å². The zero-order chi connectivity index (χ0) is 11.3. The van der Waals surface area contributed by atoms with E-state index in [0.717, 1.165) is 22.7 Å². The summed E-state index contributed by atoms with van der Waals surface area (Å²) in [5.74, 6) is 0.713. The van der Waals surface area contributed by atoms with Crippen molar-refractivity contribution in [3.05, 3.63) is 41.0 Å². The quantitative estimate of drug-likeness (QED) is 0.739. The molecule has 1 aromatic heterocycles. The minimum Gasteiger partial charge on any atom is -0.491 e. The number of rotatable bonds is 4. The first-order chi connectivity index (χ1) is 7.19. The SMILES string of the molecule is C=C/C(OCCC)=c1/nc(C)ccc1=C.[K]. The van der Waals surface area contributed by atoms with E-state index in [4.69, 9.17) is 4.74 Å². The molecule has 0 bridgehead atoms. The average molecular weight is 242 g/mol. The first-order valence-corrected chi connectivity index (χ1v) is 5.11. The van der Waals surface area contributed by atoms with Gasteiger partial charge in [0.2, 0.25) is 0 Å². The zero-order valence-electron chi connectivity index (χ0n) is 10.4. The summed E-state index contributed by atoms with van der Waals surface area (Å²) >= 11 is 0. The molecule has 0 amide bonds. The second kappa shape index (κ2) is 8.20. The van der Waals surface area contributed by atoms with Crippen molar-refractivity contribution in [1.29, 1.82) is 0 Å². The largest absolute Gasteiger partial charge is 0.491 e. The second-order valence-corrected chi connectivity index (χ2v) is 3.38. The predicted octanol–water partition coefficient (Wildman–Crippen LogP) is 1.14. The Morgan fingerprint density at radius 1 is 1.50 bits per heavy atom. The van der Waals surface area contributed by atoms with Crippen molar-refractivity contribution in [2.24, 2.45) is 0 Å². The number of hydrogen-bond acceptors (Lipinski definition) is 2. The van der Waals surface area contributed by atoms with E-state index in [1.54, 1.807) is 6.08 Å². The van der Waals surface area contributed by atoms with Crippen LogP contribution in [0, 0.1) is 6.92 Å². The van der Waals surface area contributed by atoms with Crippen LogP contribution in [-0.2, 0) is 4.74 Å². The van der Waals surface area contributed by atoms with Crippen molar-refractivity contribution in [3.63, 3.8) is 0 Å². The van der Waals surface area contributed by atoms with Crippen LogP contribution in [-0.4, -0.2) is 63.0 Å². The van der Waals surface area contributed by atoms with Gasteiger partial charge < -0.3 is 4.74 Å². The molecule has 3 heteroatoms. The first-order valence-electron chi connectivity index (χ1n) is 5.11. The third-order valence-electron chi connectivity index (χ3n) is 2.00. The van der Waals surface area contributed by atoms with Crippen LogP contribution in [0.15, 0.2) is 24.8 Å². The molecule has 1 rings (SSSR count). The number of aromatic nitrogens is 1. The van der Waals surface area contributed by atoms with Crippen molar-refractivity contribution in [1.82, 2.24) is 4.98 Å². The van der Waals surface area contributed by atoms with Crippen LogP contribution in [0.3, 0.4) is 0 Å². The molecule has 0 saturated heterocycles. The normalized spacial score (nSPS) is 11.4. The molecule has 1 heterocycles. The molecular formula is C13H17KNO. The molecule has 0 aliphatic rings. The van der Waals surface area contributed by atoms with Crippen LogP contribution < -0.4 is 10.6 Å². The molecule has 16 heavy (non-hydrogen) atoms. The van der Waals surface area contributed by atoms with E-state index in [1.807, 2.05) is 19.1 Å². The molecule has 0 unspecified atom stereocenters. The van der Waals surface area contributed by atoms with E-state index < -0.39 is 0 Å². The molecule has 0 saturated carbocycles. The van der Waals surface area contributed by atoms with Gasteiger partial charge in [-0.3, -0.25) is 0 Å². The van der Waals surface area contributed by atoms with Crippen molar-refractivity contribution in [2.45, 2.75) is 20.3 Å². The van der Waals surface area contributed by atoms with E-state index in [0.29, 0.717) is 12.4 Å². The van der Waals surface area contributed by atoms with Crippen LogP contribution in [0.25, 0.3) is 12.3 Å². The maximum atomic E-state index is 5.56. The van der Waals surface area contributed by atoms with Crippen molar-refractivity contribution in [3.8, 4) is 0 Å². The Kier molecular flexibility index (Phi) is 8.23. The molecule has 1 aromatic rings. The summed E-state index contributed by atoms with van der Waals surface area (Å²) in [5, 5.41) is 1.66. The fourth-order valence-electron chi connectivity index (χ4n) is 1.23. The molecular weight excluding hydrogens is 225 g/mol. The summed E-state index contributed by atoms with van der Waals surface area (Å²) in [6.07, 6.45) is 2.65. The van der Waals surface area contributed by atoms with Gasteiger partial charge >= 0.3 is 0 Å². The van der Waals surface area contributed by atoms with Gasteiger partial charge in [0.1, 0.15) is 11.1 Å². The Labute approximate surface area is 140 Å². The van der Waals surface area contributed by atoms with E-state index in [-0.39, 0.29) is 51.4 Å². The second-order valence-electron chi connectivity index (χ2n) is 3.38. The van der Waals surface area contributed by atoms with Gasteiger partial charge in [-0.25, -0.2) is 4.98 Å².